The summed E-state index contributed by atoms with van der Waals surface area (Å²) in [5, 5.41) is 20.5. The molecule has 2 bridgehead atoms. The van der Waals surface area contributed by atoms with E-state index < -0.39 is 0 Å². The Hall–Kier alpha value is -3.72. The summed E-state index contributed by atoms with van der Waals surface area (Å²) in [5.74, 6) is 2.30. The molecule has 3 aromatic heterocycles. The van der Waals surface area contributed by atoms with Gasteiger partial charge in [-0.15, -0.1) is 0 Å². The minimum Gasteiger partial charge on any atom is -0.493 e. The van der Waals surface area contributed by atoms with Crippen molar-refractivity contribution in [3.8, 4) is 22.8 Å². The standard InChI is InChI=1S/C26H29N7O2/c1-14-10-28-30-15(2)25(14)16(3)35-23-8-20-21(9-22(23)34-4)31-32-26(20)17-5-6-24(27-11-17)33-12-18-7-19(13-33)29-18/h5-6,8-11,16,18-19,29H,7,12-13H2,1-4H3,(H,31,32). The first kappa shape index (κ1) is 21.8. The van der Waals surface area contributed by atoms with Crippen molar-refractivity contribution in [3.05, 3.63) is 53.5 Å². The van der Waals surface area contributed by atoms with E-state index in [1.54, 1.807) is 13.3 Å². The number of nitrogens with one attached hydrogen (secondary N) is 2. The maximum atomic E-state index is 6.40. The molecular formula is C26H29N7O2. The number of fused-ring (bicyclic) bond motifs is 3. The SMILES string of the molecule is COc1cc2[nH]nc(-c3ccc(N4CC5CC(C4)N5)nc3)c2cc1OC(C)c1c(C)cnnc1C. The van der Waals surface area contributed by atoms with Crippen LogP contribution in [0.1, 0.15) is 36.3 Å². The minimum absolute atomic E-state index is 0.224. The molecule has 3 aliphatic heterocycles. The number of piperidine rings is 1. The number of H-pyrrole nitrogens is 1. The monoisotopic (exact) mass is 471 g/mol. The highest BCUT2D eigenvalue weighted by molar-refractivity contribution is 5.95. The molecule has 3 aliphatic rings. The highest BCUT2D eigenvalue weighted by Gasteiger charge is 2.36. The third-order valence-electron chi connectivity index (χ3n) is 7.10. The van der Waals surface area contributed by atoms with Gasteiger partial charge in [-0.25, -0.2) is 4.98 Å². The van der Waals surface area contributed by atoms with E-state index in [9.17, 15) is 0 Å². The number of rotatable bonds is 6. The van der Waals surface area contributed by atoms with Crippen LogP contribution < -0.4 is 19.7 Å². The minimum atomic E-state index is -0.224. The zero-order valence-electron chi connectivity index (χ0n) is 20.4. The van der Waals surface area contributed by atoms with Crippen LogP contribution in [-0.4, -0.2) is 57.7 Å². The van der Waals surface area contributed by atoms with Crippen LogP contribution in [0.3, 0.4) is 0 Å². The lowest BCUT2D eigenvalue weighted by Crippen LogP contribution is -2.67. The maximum Gasteiger partial charge on any atom is 0.162 e. The molecule has 9 nitrogen and oxygen atoms in total. The predicted octanol–water partition coefficient (Wildman–Crippen LogP) is 3.73. The summed E-state index contributed by atoms with van der Waals surface area (Å²) < 4.78 is 12.0. The van der Waals surface area contributed by atoms with Crippen molar-refractivity contribution in [2.45, 2.75) is 45.4 Å². The average molecular weight is 472 g/mol. The lowest BCUT2D eigenvalue weighted by atomic mass is 9.91. The maximum absolute atomic E-state index is 6.40. The third kappa shape index (κ3) is 3.85. The summed E-state index contributed by atoms with van der Waals surface area (Å²) in [5.41, 5.74) is 5.59. The van der Waals surface area contributed by atoms with Crippen molar-refractivity contribution >= 4 is 16.7 Å². The number of hydrogen-bond donors (Lipinski definition) is 2. The highest BCUT2D eigenvalue weighted by Crippen LogP contribution is 2.38. The number of methoxy groups -OCH3 is 1. The van der Waals surface area contributed by atoms with Crippen molar-refractivity contribution in [1.82, 2.24) is 30.7 Å². The molecule has 3 atom stereocenters. The number of ether oxygens (including phenoxy) is 2. The number of aromatic amines is 1. The molecule has 0 radical (unpaired) electrons. The van der Waals surface area contributed by atoms with Crippen molar-refractivity contribution in [2.75, 3.05) is 25.1 Å². The number of piperazine rings is 1. The van der Waals surface area contributed by atoms with Gasteiger partial charge in [0.25, 0.3) is 0 Å². The second-order valence-corrected chi connectivity index (χ2v) is 9.51. The van der Waals surface area contributed by atoms with Gasteiger partial charge in [-0.2, -0.15) is 15.3 Å². The summed E-state index contributed by atoms with van der Waals surface area (Å²) in [7, 11) is 1.64. The van der Waals surface area contributed by atoms with E-state index in [4.69, 9.17) is 14.5 Å². The van der Waals surface area contributed by atoms with E-state index in [-0.39, 0.29) is 6.10 Å². The van der Waals surface area contributed by atoms with Gasteiger partial charge in [0.15, 0.2) is 11.5 Å². The number of nitrogens with zero attached hydrogens (tertiary/aromatic N) is 5. The summed E-state index contributed by atoms with van der Waals surface area (Å²) in [6.45, 7) is 8.01. The Morgan fingerprint density at radius 2 is 1.89 bits per heavy atom. The fourth-order valence-corrected chi connectivity index (χ4v) is 5.39. The Balaban J connectivity index is 1.31. The zero-order valence-corrected chi connectivity index (χ0v) is 20.4. The van der Waals surface area contributed by atoms with Gasteiger partial charge in [0.1, 0.15) is 17.6 Å². The van der Waals surface area contributed by atoms with Crippen LogP contribution in [0.2, 0.25) is 0 Å². The molecule has 1 aromatic carbocycles. The second kappa shape index (κ2) is 8.49. The third-order valence-corrected chi connectivity index (χ3v) is 7.10. The molecular weight excluding hydrogens is 442 g/mol. The smallest absolute Gasteiger partial charge is 0.162 e. The Morgan fingerprint density at radius 3 is 2.57 bits per heavy atom. The second-order valence-electron chi connectivity index (χ2n) is 9.51. The first-order valence-electron chi connectivity index (χ1n) is 12.0. The number of aromatic nitrogens is 5. The van der Waals surface area contributed by atoms with Gasteiger partial charge < -0.3 is 19.7 Å². The zero-order chi connectivity index (χ0) is 24.1. The van der Waals surface area contributed by atoms with E-state index in [0.29, 0.717) is 23.6 Å². The Morgan fingerprint density at radius 1 is 1.09 bits per heavy atom. The van der Waals surface area contributed by atoms with Crippen LogP contribution in [0.4, 0.5) is 5.82 Å². The quantitative estimate of drug-likeness (QED) is 0.439. The molecule has 0 aliphatic carbocycles. The summed E-state index contributed by atoms with van der Waals surface area (Å²) in [6, 6.07) is 9.28. The molecule has 180 valence electrons. The fourth-order valence-electron chi connectivity index (χ4n) is 5.39. The normalized spacial score (nSPS) is 19.9. The van der Waals surface area contributed by atoms with Gasteiger partial charge in [-0.3, -0.25) is 5.10 Å². The van der Waals surface area contributed by atoms with Crippen LogP contribution >= 0.6 is 0 Å². The van der Waals surface area contributed by atoms with E-state index in [2.05, 4.69) is 42.7 Å². The van der Waals surface area contributed by atoms with Gasteiger partial charge in [0.2, 0.25) is 0 Å². The van der Waals surface area contributed by atoms with E-state index in [0.717, 1.165) is 57.9 Å². The van der Waals surface area contributed by atoms with Crippen LogP contribution in [0, 0.1) is 13.8 Å². The first-order valence-corrected chi connectivity index (χ1v) is 12.0. The molecule has 0 spiro atoms. The number of hydrogen-bond acceptors (Lipinski definition) is 8. The van der Waals surface area contributed by atoms with Gasteiger partial charge in [0, 0.05) is 53.9 Å². The van der Waals surface area contributed by atoms with E-state index in [1.807, 2.05) is 39.1 Å². The predicted molar refractivity (Wildman–Crippen MR) is 134 cm³/mol. The number of anilines is 1. The molecule has 0 amide bonds. The molecule has 4 aromatic rings. The summed E-state index contributed by atoms with van der Waals surface area (Å²) in [6.07, 6.45) is 4.72. The van der Waals surface area contributed by atoms with Crippen LogP contribution in [0.15, 0.2) is 36.7 Å². The molecule has 3 fully saturated rings. The van der Waals surface area contributed by atoms with Crippen molar-refractivity contribution in [1.29, 1.82) is 0 Å². The van der Waals surface area contributed by atoms with Crippen molar-refractivity contribution in [2.24, 2.45) is 0 Å². The molecule has 3 unspecified atom stereocenters. The van der Waals surface area contributed by atoms with E-state index >= 15 is 0 Å². The molecule has 35 heavy (non-hydrogen) atoms. The lowest BCUT2D eigenvalue weighted by Gasteiger charge is -2.48. The van der Waals surface area contributed by atoms with Crippen LogP contribution in [-0.2, 0) is 0 Å². The van der Waals surface area contributed by atoms with Crippen molar-refractivity contribution in [3.63, 3.8) is 0 Å². The fraction of sp³-hybridized carbons (Fsp3) is 0.385. The first-order chi connectivity index (χ1) is 17.0. The molecule has 0 saturated carbocycles. The summed E-state index contributed by atoms with van der Waals surface area (Å²) in [4.78, 5) is 7.12. The van der Waals surface area contributed by atoms with Gasteiger partial charge in [-0.05, 0) is 51.0 Å². The number of aryl methyl sites for hydroxylation is 2. The van der Waals surface area contributed by atoms with Gasteiger partial charge in [-0.1, -0.05) is 0 Å². The van der Waals surface area contributed by atoms with E-state index in [1.165, 1.54) is 6.42 Å². The Kier molecular flexibility index (Phi) is 5.29. The molecule has 2 N–H and O–H groups in total. The molecule has 9 heteroatoms. The lowest BCUT2D eigenvalue weighted by molar-refractivity contribution is 0.214. The summed E-state index contributed by atoms with van der Waals surface area (Å²) >= 11 is 0. The van der Waals surface area contributed by atoms with Crippen molar-refractivity contribution < 1.29 is 9.47 Å². The number of benzene rings is 1. The van der Waals surface area contributed by atoms with Crippen LogP contribution in [0.25, 0.3) is 22.2 Å². The highest BCUT2D eigenvalue weighted by atomic mass is 16.5. The molecule has 6 heterocycles. The Labute approximate surface area is 203 Å². The van der Waals surface area contributed by atoms with Gasteiger partial charge in [0.05, 0.1) is 24.5 Å². The Bertz CT molecular complexity index is 1350. The number of pyridine rings is 1. The molecule has 3 saturated heterocycles. The molecule has 7 rings (SSSR count). The average Bonchev–Trinajstić information content (AvgIpc) is 3.26. The largest absolute Gasteiger partial charge is 0.493 e. The van der Waals surface area contributed by atoms with Crippen LogP contribution in [0.5, 0.6) is 11.5 Å². The van der Waals surface area contributed by atoms with Gasteiger partial charge >= 0.3 is 0 Å². The topological polar surface area (TPSA) is 101 Å².